The van der Waals surface area contributed by atoms with Crippen LogP contribution in [0, 0.1) is 0 Å². The highest BCUT2D eigenvalue weighted by Crippen LogP contribution is 2.27. The molecule has 0 radical (unpaired) electrons. The van der Waals surface area contributed by atoms with Crippen LogP contribution in [0.25, 0.3) is 0 Å². The predicted molar refractivity (Wildman–Crippen MR) is 113 cm³/mol. The zero-order valence-electron chi connectivity index (χ0n) is 15.7. The van der Waals surface area contributed by atoms with Crippen molar-refractivity contribution in [3.8, 4) is 0 Å². The van der Waals surface area contributed by atoms with Crippen LogP contribution >= 0.6 is 11.3 Å². The summed E-state index contributed by atoms with van der Waals surface area (Å²) in [6.07, 6.45) is 0.612. The van der Waals surface area contributed by atoms with Crippen LogP contribution < -0.4 is 4.90 Å². The summed E-state index contributed by atoms with van der Waals surface area (Å²) in [6.45, 7) is 0.368. The molecule has 29 heavy (non-hydrogen) atoms. The molecule has 0 saturated carbocycles. The van der Waals surface area contributed by atoms with Gasteiger partial charge in [0.2, 0.25) is 5.91 Å². The molecule has 1 atom stereocenters. The molecule has 1 fully saturated rings. The first-order valence-electron chi connectivity index (χ1n) is 9.45. The SMILES string of the molecule is O=C1CC(N(CCc2ccccc2)C(=O)c2cccs2)C(=O)N1c1ccccc1. The maximum atomic E-state index is 13.2. The van der Waals surface area contributed by atoms with E-state index in [1.165, 1.54) is 16.2 Å². The minimum absolute atomic E-state index is 0.000365. The van der Waals surface area contributed by atoms with Crippen molar-refractivity contribution in [1.29, 1.82) is 0 Å². The van der Waals surface area contributed by atoms with E-state index in [0.29, 0.717) is 23.5 Å². The Kier molecular flexibility index (Phi) is 5.53. The molecule has 1 aliphatic rings. The molecule has 6 heteroatoms. The molecule has 2 heterocycles. The number of nitrogens with zero attached hydrogens (tertiary/aromatic N) is 2. The molecule has 1 aliphatic heterocycles. The van der Waals surface area contributed by atoms with Crippen LogP contribution in [0.1, 0.15) is 21.7 Å². The number of benzene rings is 2. The van der Waals surface area contributed by atoms with Crippen molar-refractivity contribution >= 4 is 34.7 Å². The number of carbonyl (C=O) groups excluding carboxylic acids is 3. The van der Waals surface area contributed by atoms with Crippen molar-refractivity contribution in [2.45, 2.75) is 18.9 Å². The van der Waals surface area contributed by atoms with Gasteiger partial charge in [0.1, 0.15) is 6.04 Å². The lowest BCUT2D eigenvalue weighted by molar-refractivity contribution is -0.122. The molecule has 1 unspecified atom stereocenters. The van der Waals surface area contributed by atoms with E-state index in [1.54, 1.807) is 35.2 Å². The van der Waals surface area contributed by atoms with Crippen LogP contribution in [0.2, 0.25) is 0 Å². The second kappa shape index (κ2) is 8.41. The molecule has 0 bridgehead atoms. The lowest BCUT2D eigenvalue weighted by Gasteiger charge is -2.27. The van der Waals surface area contributed by atoms with Gasteiger partial charge >= 0.3 is 0 Å². The molecule has 0 N–H and O–H groups in total. The zero-order valence-corrected chi connectivity index (χ0v) is 16.5. The number of para-hydroxylation sites is 1. The fourth-order valence-electron chi connectivity index (χ4n) is 3.54. The molecule has 0 aliphatic carbocycles. The van der Waals surface area contributed by atoms with E-state index in [4.69, 9.17) is 0 Å². The third-order valence-electron chi connectivity index (χ3n) is 4.99. The smallest absolute Gasteiger partial charge is 0.264 e. The van der Waals surface area contributed by atoms with Crippen molar-refractivity contribution in [1.82, 2.24) is 4.90 Å². The zero-order chi connectivity index (χ0) is 20.2. The van der Waals surface area contributed by atoms with E-state index in [0.717, 1.165) is 5.56 Å². The van der Waals surface area contributed by atoms with E-state index in [2.05, 4.69) is 0 Å². The van der Waals surface area contributed by atoms with Gasteiger partial charge in [0.05, 0.1) is 17.0 Å². The van der Waals surface area contributed by atoms with Crippen LogP contribution in [0.15, 0.2) is 78.2 Å². The van der Waals surface area contributed by atoms with Gasteiger partial charge in [-0.15, -0.1) is 11.3 Å². The summed E-state index contributed by atoms with van der Waals surface area (Å²) in [6, 6.07) is 21.4. The van der Waals surface area contributed by atoms with Gasteiger partial charge in [-0.2, -0.15) is 0 Å². The number of rotatable bonds is 6. The molecule has 146 valence electrons. The van der Waals surface area contributed by atoms with Crippen molar-refractivity contribution in [3.63, 3.8) is 0 Å². The molecular weight excluding hydrogens is 384 g/mol. The average Bonchev–Trinajstić information content (AvgIpc) is 3.38. The standard InChI is InChI=1S/C23H20N2O3S/c26-21-16-19(22(27)25(21)18-10-5-2-6-11-18)24(23(28)20-12-7-15-29-20)14-13-17-8-3-1-4-9-17/h1-12,15,19H,13-14,16H2. The Morgan fingerprint density at radius 3 is 2.31 bits per heavy atom. The van der Waals surface area contributed by atoms with Gasteiger partial charge in [-0.1, -0.05) is 54.6 Å². The Hall–Kier alpha value is -3.25. The monoisotopic (exact) mass is 404 g/mol. The van der Waals surface area contributed by atoms with Crippen LogP contribution in [-0.2, 0) is 16.0 Å². The third-order valence-corrected chi connectivity index (χ3v) is 5.85. The minimum Gasteiger partial charge on any atom is -0.325 e. The van der Waals surface area contributed by atoms with E-state index < -0.39 is 6.04 Å². The van der Waals surface area contributed by atoms with Crippen molar-refractivity contribution in [2.75, 3.05) is 11.4 Å². The summed E-state index contributed by atoms with van der Waals surface area (Å²) in [5, 5.41) is 1.83. The summed E-state index contributed by atoms with van der Waals surface area (Å²) < 4.78 is 0. The number of anilines is 1. The topological polar surface area (TPSA) is 57.7 Å². The third kappa shape index (κ3) is 3.98. The van der Waals surface area contributed by atoms with Gasteiger partial charge in [-0.25, -0.2) is 4.90 Å². The largest absolute Gasteiger partial charge is 0.325 e. The molecular formula is C23H20N2O3S. The Labute approximate surface area is 173 Å². The highest BCUT2D eigenvalue weighted by Gasteiger charge is 2.44. The number of hydrogen-bond acceptors (Lipinski definition) is 4. The number of thiophene rings is 1. The van der Waals surface area contributed by atoms with Crippen molar-refractivity contribution in [2.24, 2.45) is 0 Å². The van der Waals surface area contributed by atoms with E-state index >= 15 is 0 Å². The highest BCUT2D eigenvalue weighted by molar-refractivity contribution is 7.12. The minimum atomic E-state index is -0.791. The molecule has 2 aromatic carbocycles. The molecule has 3 amide bonds. The Morgan fingerprint density at radius 2 is 1.66 bits per heavy atom. The van der Waals surface area contributed by atoms with Crippen LogP contribution in [-0.4, -0.2) is 35.2 Å². The number of imide groups is 1. The fourth-order valence-corrected chi connectivity index (χ4v) is 4.22. The van der Waals surface area contributed by atoms with Crippen LogP contribution in [0.4, 0.5) is 5.69 Å². The summed E-state index contributed by atoms with van der Waals surface area (Å²) in [7, 11) is 0. The average molecular weight is 404 g/mol. The fraction of sp³-hybridized carbons (Fsp3) is 0.174. The highest BCUT2D eigenvalue weighted by atomic mass is 32.1. The maximum absolute atomic E-state index is 13.2. The first kappa shape index (κ1) is 19.1. The molecule has 5 nitrogen and oxygen atoms in total. The molecule has 1 aromatic heterocycles. The lowest BCUT2D eigenvalue weighted by Crippen LogP contribution is -2.46. The van der Waals surface area contributed by atoms with Gasteiger partial charge in [0, 0.05) is 6.54 Å². The van der Waals surface area contributed by atoms with Gasteiger partial charge in [-0.3, -0.25) is 14.4 Å². The lowest BCUT2D eigenvalue weighted by atomic mass is 10.1. The molecule has 0 spiro atoms. The Morgan fingerprint density at radius 1 is 0.966 bits per heavy atom. The van der Waals surface area contributed by atoms with Gasteiger partial charge in [-0.05, 0) is 35.6 Å². The Bertz CT molecular complexity index is 1000. The Balaban J connectivity index is 1.61. The summed E-state index contributed by atoms with van der Waals surface area (Å²) in [5.74, 6) is -0.842. The maximum Gasteiger partial charge on any atom is 0.264 e. The molecule has 4 rings (SSSR count). The van der Waals surface area contributed by atoms with Crippen molar-refractivity contribution < 1.29 is 14.4 Å². The van der Waals surface area contributed by atoms with Gasteiger partial charge in [0.25, 0.3) is 11.8 Å². The van der Waals surface area contributed by atoms with Crippen molar-refractivity contribution in [3.05, 3.63) is 88.6 Å². The predicted octanol–water partition coefficient (Wildman–Crippen LogP) is 3.77. The quantitative estimate of drug-likeness (QED) is 0.588. The summed E-state index contributed by atoms with van der Waals surface area (Å²) in [5.41, 5.74) is 1.62. The second-order valence-corrected chi connectivity index (χ2v) is 7.78. The summed E-state index contributed by atoms with van der Waals surface area (Å²) >= 11 is 1.34. The van der Waals surface area contributed by atoms with E-state index in [1.807, 2.05) is 47.8 Å². The normalized spacial score (nSPS) is 16.3. The number of carbonyl (C=O) groups is 3. The van der Waals surface area contributed by atoms with E-state index in [-0.39, 0.29) is 24.1 Å². The first-order valence-corrected chi connectivity index (χ1v) is 10.3. The molecule has 1 saturated heterocycles. The summed E-state index contributed by atoms with van der Waals surface area (Å²) in [4.78, 5) is 42.3. The van der Waals surface area contributed by atoms with Crippen LogP contribution in [0.3, 0.4) is 0 Å². The van der Waals surface area contributed by atoms with Crippen LogP contribution in [0.5, 0.6) is 0 Å². The number of hydrogen-bond donors (Lipinski definition) is 0. The van der Waals surface area contributed by atoms with E-state index in [9.17, 15) is 14.4 Å². The second-order valence-electron chi connectivity index (χ2n) is 6.83. The van der Waals surface area contributed by atoms with Gasteiger partial charge < -0.3 is 4.90 Å². The first-order chi connectivity index (χ1) is 14.1. The number of amides is 3. The van der Waals surface area contributed by atoms with Gasteiger partial charge in [0.15, 0.2) is 0 Å². The molecule has 3 aromatic rings.